The molecule has 1 heterocycles. The van der Waals surface area contributed by atoms with Crippen molar-refractivity contribution in [1.29, 1.82) is 0 Å². The number of nitrogens with two attached hydrogens (primary N) is 1. The topological polar surface area (TPSA) is 46.3 Å². The Bertz CT molecular complexity index is 678. The Morgan fingerprint density at radius 2 is 2.24 bits per heavy atom. The van der Waals surface area contributed by atoms with Crippen LogP contribution in [0.5, 0.6) is 0 Å². The van der Waals surface area contributed by atoms with Gasteiger partial charge in [0, 0.05) is 27.6 Å². The van der Waals surface area contributed by atoms with E-state index in [2.05, 4.69) is 22.9 Å². The first-order valence-corrected chi connectivity index (χ1v) is 8.98. The van der Waals surface area contributed by atoms with E-state index in [1.54, 1.807) is 0 Å². The second-order valence-electron chi connectivity index (χ2n) is 5.68. The van der Waals surface area contributed by atoms with Crippen molar-refractivity contribution in [1.82, 2.24) is 4.90 Å². The molecule has 2 aromatic rings. The van der Waals surface area contributed by atoms with Gasteiger partial charge in [0.2, 0.25) is 0 Å². The van der Waals surface area contributed by atoms with Gasteiger partial charge < -0.3 is 10.6 Å². The normalized spacial score (nSPS) is 14.6. The summed E-state index contributed by atoms with van der Waals surface area (Å²) in [5.41, 5.74) is 6.85. The first-order valence-electron chi connectivity index (χ1n) is 7.37. The average molecular weight is 367 g/mol. The molecule has 1 aromatic carbocycles. The molecule has 1 fully saturated rings. The van der Waals surface area contributed by atoms with Crippen molar-refractivity contribution in [3.05, 3.63) is 27.5 Å². The molecule has 0 aliphatic heterocycles. The number of thiophene rings is 1. The van der Waals surface area contributed by atoms with E-state index in [0.29, 0.717) is 16.5 Å². The zero-order valence-corrected chi connectivity index (χ0v) is 14.5. The van der Waals surface area contributed by atoms with E-state index in [4.69, 9.17) is 5.73 Å². The van der Waals surface area contributed by atoms with E-state index in [1.165, 1.54) is 24.2 Å². The van der Waals surface area contributed by atoms with E-state index in [9.17, 15) is 4.79 Å². The van der Waals surface area contributed by atoms with E-state index in [1.807, 2.05) is 23.1 Å². The van der Waals surface area contributed by atoms with Crippen LogP contribution in [0.25, 0.3) is 10.1 Å². The number of anilines is 1. The van der Waals surface area contributed by atoms with Gasteiger partial charge in [-0.05, 0) is 43.4 Å². The summed E-state index contributed by atoms with van der Waals surface area (Å²) in [6.07, 6.45) is 3.49. The van der Waals surface area contributed by atoms with Crippen molar-refractivity contribution in [2.45, 2.75) is 26.2 Å². The van der Waals surface area contributed by atoms with Gasteiger partial charge in [-0.1, -0.05) is 22.9 Å². The van der Waals surface area contributed by atoms with Crippen molar-refractivity contribution in [2.24, 2.45) is 5.92 Å². The van der Waals surface area contributed by atoms with E-state index < -0.39 is 0 Å². The smallest absolute Gasteiger partial charge is 0.266 e. The Labute approximate surface area is 137 Å². The van der Waals surface area contributed by atoms with Gasteiger partial charge in [-0.2, -0.15) is 0 Å². The third kappa shape index (κ3) is 3.09. The number of amides is 1. The summed E-state index contributed by atoms with van der Waals surface area (Å²) in [6.45, 7) is 3.80. The molecule has 0 bridgehead atoms. The molecule has 0 saturated heterocycles. The standard InChI is InChI=1S/C16H19BrN2OS/c1-2-7-19(9-10-3-4-10)16(20)15-14(18)12-8-11(17)5-6-13(12)21-15/h5-6,8,10H,2-4,7,9,18H2,1H3. The number of fused-ring (bicyclic) bond motifs is 1. The average Bonchev–Trinajstić information content (AvgIpc) is 3.22. The van der Waals surface area contributed by atoms with Crippen LogP contribution in [-0.4, -0.2) is 23.9 Å². The maximum Gasteiger partial charge on any atom is 0.266 e. The van der Waals surface area contributed by atoms with Gasteiger partial charge in [0.15, 0.2) is 0 Å². The zero-order chi connectivity index (χ0) is 15.0. The lowest BCUT2D eigenvalue weighted by Gasteiger charge is -2.21. The molecular formula is C16H19BrN2OS. The fourth-order valence-electron chi connectivity index (χ4n) is 2.55. The minimum atomic E-state index is 0.0959. The largest absolute Gasteiger partial charge is 0.397 e. The zero-order valence-electron chi connectivity index (χ0n) is 12.1. The fourth-order valence-corrected chi connectivity index (χ4v) is 3.98. The Kier molecular flexibility index (Phi) is 4.22. The van der Waals surface area contributed by atoms with Crippen LogP contribution in [0.4, 0.5) is 5.69 Å². The summed E-state index contributed by atoms with van der Waals surface area (Å²) in [5.74, 6) is 0.795. The molecular weight excluding hydrogens is 348 g/mol. The van der Waals surface area contributed by atoms with Crippen molar-refractivity contribution < 1.29 is 4.79 Å². The number of rotatable bonds is 5. The first-order chi connectivity index (χ1) is 10.1. The highest BCUT2D eigenvalue weighted by Gasteiger charge is 2.28. The Hall–Kier alpha value is -1.07. The summed E-state index contributed by atoms with van der Waals surface area (Å²) in [4.78, 5) is 15.5. The lowest BCUT2D eigenvalue weighted by atomic mass is 10.2. The highest BCUT2D eigenvalue weighted by atomic mass is 79.9. The molecule has 5 heteroatoms. The summed E-state index contributed by atoms with van der Waals surface area (Å²) in [7, 11) is 0. The fraction of sp³-hybridized carbons (Fsp3) is 0.438. The Balaban J connectivity index is 1.93. The van der Waals surface area contributed by atoms with Crippen LogP contribution in [0.1, 0.15) is 35.9 Å². The summed E-state index contributed by atoms with van der Waals surface area (Å²) in [5, 5.41) is 0.973. The van der Waals surface area contributed by atoms with E-state index >= 15 is 0 Å². The molecule has 3 rings (SSSR count). The maximum atomic E-state index is 12.8. The highest BCUT2D eigenvalue weighted by molar-refractivity contribution is 9.10. The van der Waals surface area contributed by atoms with Crippen LogP contribution in [-0.2, 0) is 0 Å². The predicted octanol–water partition coefficient (Wildman–Crippen LogP) is 4.51. The Morgan fingerprint density at radius 3 is 2.90 bits per heavy atom. The number of hydrogen-bond donors (Lipinski definition) is 1. The molecule has 0 spiro atoms. The number of nitrogens with zero attached hydrogens (tertiary/aromatic N) is 1. The van der Waals surface area contributed by atoms with Crippen molar-refractivity contribution in [3.63, 3.8) is 0 Å². The number of carbonyl (C=O) groups excluding carboxylic acids is 1. The molecule has 1 amide bonds. The van der Waals surface area contributed by atoms with Crippen LogP contribution >= 0.6 is 27.3 Å². The number of nitrogen functional groups attached to an aromatic ring is 1. The number of hydrogen-bond acceptors (Lipinski definition) is 3. The van der Waals surface area contributed by atoms with Gasteiger partial charge in [0.1, 0.15) is 4.88 Å². The van der Waals surface area contributed by atoms with Crippen molar-refractivity contribution >= 4 is 48.9 Å². The predicted molar refractivity (Wildman–Crippen MR) is 92.9 cm³/mol. The number of benzene rings is 1. The second-order valence-corrected chi connectivity index (χ2v) is 7.65. The molecule has 0 radical (unpaired) electrons. The lowest BCUT2D eigenvalue weighted by molar-refractivity contribution is 0.0753. The highest BCUT2D eigenvalue weighted by Crippen LogP contribution is 2.37. The summed E-state index contributed by atoms with van der Waals surface area (Å²) >= 11 is 4.97. The molecule has 21 heavy (non-hydrogen) atoms. The third-order valence-corrected chi connectivity index (χ3v) is 5.51. The lowest BCUT2D eigenvalue weighted by Crippen LogP contribution is -2.33. The molecule has 2 N–H and O–H groups in total. The molecule has 112 valence electrons. The van der Waals surface area contributed by atoms with Crippen LogP contribution < -0.4 is 5.73 Å². The van der Waals surface area contributed by atoms with Gasteiger partial charge in [-0.15, -0.1) is 11.3 Å². The van der Waals surface area contributed by atoms with Crippen molar-refractivity contribution in [2.75, 3.05) is 18.8 Å². The molecule has 1 aromatic heterocycles. The van der Waals surface area contributed by atoms with Crippen molar-refractivity contribution in [3.8, 4) is 0 Å². The van der Waals surface area contributed by atoms with Gasteiger partial charge >= 0.3 is 0 Å². The van der Waals surface area contributed by atoms with Gasteiger partial charge in [0.25, 0.3) is 5.91 Å². The molecule has 1 aliphatic rings. The molecule has 1 aliphatic carbocycles. The number of carbonyl (C=O) groups is 1. The Morgan fingerprint density at radius 1 is 1.48 bits per heavy atom. The van der Waals surface area contributed by atoms with Gasteiger partial charge in [-0.25, -0.2) is 0 Å². The van der Waals surface area contributed by atoms with Crippen LogP contribution in [0.3, 0.4) is 0 Å². The monoisotopic (exact) mass is 366 g/mol. The maximum absolute atomic E-state index is 12.8. The SMILES string of the molecule is CCCN(CC1CC1)C(=O)c1sc2ccc(Br)cc2c1N. The van der Waals surface area contributed by atoms with E-state index in [-0.39, 0.29) is 5.91 Å². The minimum Gasteiger partial charge on any atom is -0.397 e. The summed E-state index contributed by atoms with van der Waals surface area (Å²) < 4.78 is 2.06. The molecule has 3 nitrogen and oxygen atoms in total. The van der Waals surface area contributed by atoms with E-state index in [0.717, 1.165) is 34.1 Å². The summed E-state index contributed by atoms with van der Waals surface area (Å²) in [6, 6.07) is 5.99. The minimum absolute atomic E-state index is 0.0959. The van der Waals surface area contributed by atoms with Gasteiger partial charge in [-0.3, -0.25) is 4.79 Å². The third-order valence-electron chi connectivity index (χ3n) is 3.84. The number of halogens is 1. The van der Waals surface area contributed by atoms with Crippen LogP contribution in [0, 0.1) is 5.92 Å². The molecule has 0 unspecified atom stereocenters. The van der Waals surface area contributed by atoms with Gasteiger partial charge in [0.05, 0.1) is 5.69 Å². The molecule has 0 atom stereocenters. The first kappa shape index (κ1) is 14.9. The van der Waals surface area contributed by atoms with Crippen LogP contribution in [0.15, 0.2) is 22.7 Å². The quantitative estimate of drug-likeness (QED) is 0.845. The van der Waals surface area contributed by atoms with Crippen LogP contribution in [0.2, 0.25) is 0 Å². The second kappa shape index (κ2) is 5.97. The molecule has 1 saturated carbocycles.